The monoisotopic (exact) mass is 283 g/mol. The van der Waals surface area contributed by atoms with Gasteiger partial charge in [0.1, 0.15) is 5.82 Å². The molecule has 21 heavy (non-hydrogen) atoms. The summed E-state index contributed by atoms with van der Waals surface area (Å²) in [5.74, 6) is 6.07. The molecule has 1 aromatic carbocycles. The number of nitrogen functional groups attached to an aromatic ring is 1. The van der Waals surface area contributed by atoms with Crippen LogP contribution in [0, 0.1) is 0 Å². The molecular formula is C15H17N5O. The lowest BCUT2D eigenvalue weighted by atomic mass is 10.1. The number of carbonyl (C=O) groups excluding carboxylic acids is 1. The SMILES string of the molecule is CN1Cc2ccccc2N(Cc2cccnc2NN)C1=O. The van der Waals surface area contributed by atoms with Crippen molar-refractivity contribution in [2.24, 2.45) is 5.84 Å². The number of aromatic nitrogens is 1. The molecule has 6 heteroatoms. The van der Waals surface area contributed by atoms with Crippen LogP contribution in [0.3, 0.4) is 0 Å². The molecule has 0 saturated carbocycles. The zero-order valence-corrected chi connectivity index (χ0v) is 11.8. The first kappa shape index (κ1) is 13.4. The molecule has 1 aliphatic heterocycles. The standard InChI is InChI=1S/C15H17N5O/c1-19-9-11-5-2-3-7-13(11)20(15(19)21)10-12-6-4-8-17-14(12)18-16/h2-8H,9-10,16H2,1H3,(H,17,18). The summed E-state index contributed by atoms with van der Waals surface area (Å²) in [5.41, 5.74) is 5.51. The summed E-state index contributed by atoms with van der Waals surface area (Å²) in [4.78, 5) is 20.1. The van der Waals surface area contributed by atoms with Crippen molar-refractivity contribution < 1.29 is 4.79 Å². The lowest BCUT2D eigenvalue weighted by Crippen LogP contribution is -2.44. The first-order chi connectivity index (χ1) is 10.2. The Hall–Kier alpha value is -2.60. The minimum absolute atomic E-state index is 0.0273. The number of hydrogen-bond acceptors (Lipinski definition) is 4. The van der Waals surface area contributed by atoms with Gasteiger partial charge in [0.2, 0.25) is 0 Å². The van der Waals surface area contributed by atoms with Gasteiger partial charge in [0.15, 0.2) is 0 Å². The lowest BCUT2D eigenvalue weighted by molar-refractivity contribution is 0.210. The van der Waals surface area contributed by atoms with E-state index in [4.69, 9.17) is 5.84 Å². The first-order valence-electron chi connectivity index (χ1n) is 6.71. The number of hydrazine groups is 1. The van der Waals surface area contributed by atoms with Crippen molar-refractivity contribution >= 4 is 17.5 Å². The van der Waals surface area contributed by atoms with Crippen LogP contribution in [0.4, 0.5) is 16.3 Å². The summed E-state index contributed by atoms with van der Waals surface area (Å²) in [6.07, 6.45) is 1.66. The number of hydrogen-bond donors (Lipinski definition) is 2. The van der Waals surface area contributed by atoms with Crippen molar-refractivity contribution in [3.63, 3.8) is 0 Å². The highest BCUT2D eigenvalue weighted by atomic mass is 16.2. The highest BCUT2D eigenvalue weighted by Crippen LogP contribution is 2.29. The van der Waals surface area contributed by atoms with Gasteiger partial charge in [-0.2, -0.15) is 0 Å². The fraction of sp³-hybridized carbons (Fsp3) is 0.200. The number of nitrogens with zero attached hydrogens (tertiary/aromatic N) is 3. The van der Waals surface area contributed by atoms with Crippen LogP contribution in [0.2, 0.25) is 0 Å². The number of para-hydroxylation sites is 1. The maximum atomic E-state index is 12.5. The summed E-state index contributed by atoms with van der Waals surface area (Å²) < 4.78 is 0. The van der Waals surface area contributed by atoms with E-state index in [1.165, 1.54) is 0 Å². The van der Waals surface area contributed by atoms with Crippen molar-refractivity contribution in [3.8, 4) is 0 Å². The van der Waals surface area contributed by atoms with Gasteiger partial charge in [0, 0.05) is 25.4 Å². The Bertz CT molecular complexity index is 673. The largest absolute Gasteiger partial charge is 0.324 e. The molecule has 0 bridgehead atoms. The average molecular weight is 283 g/mol. The van der Waals surface area contributed by atoms with E-state index in [0.29, 0.717) is 18.9 Å². The number of nitrogens with one attached hydrogen (secondary N) is 1. The van der Waals surface area contributed by atoms with Crippen molar-refractivity contribution in [3.05, 3.63) is 53.7 Å². The van der Waals surface area contributed by atoms with Gasteiger partial charge in [-0.25, -0.2) is 15.6 Å². The summed E-state index contributed by atoms with van der Waals surface area (Å²) in [6, 6.07) is 11.6. The Balaban J connectivity index is 1.99. The number of pyridine rings is 1. The fourth-order valence-corrected chi connectivity index (χ4v) is 2.56. The molecule has 3 N–H and O–H groups in total. The Morgan fingerprint density at radius 3 is 2.90 bits per heavy atom. The lowest BCUT2D eigenvalue weighted by Gasteiger charge is -2.35. The number of benzene rings is 1. The number of urea groups is 1. The van der Waals surface area contributed by atoms with Crippen molar-refractivity contribution in [1.29, 1.82) is 0 Å². The number of nitrogens with two attached hydrogens (primary N) is 1. The molecule has 0 saturated heterocycles. The topological polar surface area (TPSA) is 74.5 Å². The number of carbonyl (C=O) groups is 1. The van der Waals surface area contributed by atoms with E-state index in [1.54, 1.807) is 23.0 Å². The Labute approximate surface area is 123 Å². The molecule has 0 spiro atoms. The van der Waals surface area contributed by atoms with Crippen LogP contribution in [0.1, 0.15) is 11.1 Å². The molecule has 3 rings (SSSR count). The van der Waals surface area contributed by atoms with E-state index in [2.05, 4.69) is 10.4 Å². The molecule has 0 unspecified atom stereocenters. The third-order valence-electron chi connectivity index (χ3n) is 3.60. The van der Waals surface area contributed by atoms with Crippen LogP contribution >= 0.6 is 0 Å². The van der Waals surface area contributed by atoms with Gasteiger partial charge < -0.3 is 10.3 Å². The van der Waals surface area contributed by atoms with Gasteiger partial charge in [-0.3, -0.25) is 4.90 Å². The summed E-state index contributed by atoms with van der Waals surface area (Å²) >= 11 is 0. The number of amides is 2. The predicted molar refractivity (Wildman–Crippen MR) is 81.5 cm³/mol. The number of rotatable bonds is 3. The zero-order chi connectivity index (χ0) is 14.8. The normalized spacial score (nSPS) is 14.1. The predicted octanol–water partition coefficient (Wildman–Crippen LogP) is 1.94. The summed E-state index contributed by atoms with van der Waals surface area (Å²) in [7, 11) is 1.80. The first-order valence-corrected chi connectivity index (χ1v) is 6.71. The molecule has 0 atom stereocenters. The highest BCUT2D eigenvalue weighted by molar-refractivity contribution is 5.94. The van der Waals surface area contributed by atoms with E-state index in [-0.39, 0.29) is 6.03 Å². The van der Waals surface area contributed by atoms with E-state index in [9.17, 15) is 4.79 Å². The molecule has 6 nitrogen and oxygen atoms in total. The fourth-order valence-electron chi connectivity index (χ4n) is 2.56. The molecule has 1 aliphatic rings. The molecule has 2 amide bonds. The molecule has 1 aromatic heterocycles. The summed E-state index contributed by atoms with van der Waals surface area (Å²) in [5, 5.41) is 0. The molecule has 0 fully saturated rings. The minimum atomic E-state index is -0.0273. The van der Waals surface area contributed by atoms with Gasteiger partial charge in [0.05, 0.1) is 12.2 Å². The van der Waals surface area contributed by atoms with Gasteiger partial charge in [-0.15, -0.1) is 0 Å². The Morgan fingerprint density at radius 1 is 1.29 bits per heavy atom. The number of fused-ring (bicyclic) bond motifs is 1. The molecule has 108 valence electrons. The van der Waals surface area contributed by atoms with E-state index in [0.717, 1.165) is 16.8 Å². The second kappa shape index (κ2) is 5.41. The number of anilines is 2. The van der Waals surface area contributed by atoms with Crippen LogP contribution in [-0.2, 0) is 13.1 Å². The maximum Gasteiger partial charge on any atom is 0.324 e. The van der Waals surface area contributed by atoms with Gasteiger partial charge >= 0.3 is 6.03 Å². The summed E-state index contributed by atoms with van der Waals surface area (Å²) in [6.45, 7) is 1.05. The smallest absolute Gasteiger partial charge is 0.323 e. The van der Waals surface area contributed by atoms with Gasteiger partial charge in [-0.1, -0.05) is 24.3 Å². The minimum Gasteiger partial charge on any atom is -0.323 e. The van der Waals surface area contributed by atoms with Crippen molar-refractivity contribution in [1.82, 2.24) is 9.88 Å². The van der Waals surface area contributed by atoms with Gasteiger partial charge in [-0.05, 0) is 17.7 Å². The molecule has 2 aromatic rings. The van der Waals surface area contributed by atoms with Crippen LogP contribution in [0.5, 0.6) is 0 Å². The van der Waals surface area contributed by atoms with Crippen LogP contribution in [-0.4, -0.2) is 23.0 Å². The highest BCUT2D eigenvalue weighted by Gasteiger charge is 2.28. The second-order valence-electron chi connectivity index (χ2n) is 5.01. The van der Waals surface area contributed by atoms with Crippen LogP contribution < -0.4 is 16.2 Å². The molecular weight excluding hydrogens is 266 g/mol. The third kappa shape index (κ3) is 2.41. The second-order valence-corrected chi connectivity index (χ2v) is 5.01. The quantitative estimate of drug-likeness (QED) is 0.667. The average Bonchev–Trinajstić information content (AvgIpc) is 2.52. The third-order valence-corrected chi connectivity index (χ3v) is 3.60. The van der Waals surface area contributed by atoms with Crippen molar-refractivity contribution in [2.45, 2.75) is 13.1 Å². The zero-order valence-electron chi connectivity index (χ0n) is 11.8. The molecule has 0 radical (unpaired) electrons. The van der Waals surface area contributed by atoms with E-state index >= 15 is 0 Å². The Morgan fingerprint density at radius 2 is 2.10 bits per heavy atom. The van der Waals surface area contributed by atoms with Gasteiger partial charge in [0.25, 0.3) is 0 Å². The van der Waals surface area contributed by atoms with Crippen LogP contribution in [0.15, 0.2) is 42.6 Å². The molecule has 0 aliphatic carbocycles. The van der Waals surface area contributed by atoms with Crippen molar-refractivity contribution in [2.75, 3.05) is 17.4 Å². The Kier molecular flexibility index (Phi) is 3.45. The van der Waals surface area contributed by atoms with Crippen LogP contribution in [0.25, 0.3) is 0 Å². The molecule has 2 heterocycles. The van der Waals surface area contributed by atoms with E-state index < -0.39 is 0 Å². The van der Waals surface area contributed by atoms with E-state index in [1.807, 2.05) is 36.4 Å². The maximum absolute atomic E-state index is 12.5.